The van der Waals surface area contributed by atoms with Gasteiger partial charge >= 0.3 is 0 Å². The average molecular weight is 136 g/mol. The first-order chi connectivity index (χ1) is 4.74. The van der Waals surface area contributed by atoms with Gasteiger partial charge in [0.25, 0.3) is 0 Å². The number of aliphatic hydroxyl groups is 1. The van der Waals surface area contributed by atoms with Gasteiger partial charge in [0.05, 0.1) is 12.0 Å². The van der Waals surface area contributed by atoms with Crippen molar-refractivity contribution in [3.8, 4) is 12.3 Å². The summed E-state index contributed by atoms with van der Waals surface area (Å²) in [6.07, 6.45) is 7.37. The maximum absolute atomic E-state index is 9.03. The van der Waals surface area contributed by atoms with Crippen molar-refractivity contribution in [1.82, 2.24) is 9.55 Å². The number of rotatable bonds is 1. The van der Waals surface area contributed by atoms with Gasteiger partial charge in [-0.25, -0.2) is 4.98 Å². The van der Waals surface area contributed by atoms with E-state index in [9.17, 15) is 0 Å². The molecule has 0 aromatic carbocycles. The van der Waals surface area contributed by atoms with Crippen molar-refractivity contribution in [3.05, 3.63) is 18.2 Å². The van der Waals surface area contributed by atoms with Crippen LogP contribution in [-0.4, -0.2) is 14.7 Å². The number of hydrogen-bond acceptors (Lipinski definition) is 2. The highest BCUT2D eigenvalue weighted by Crippen LogP contribution is 2.06. The molecule has 1 heterocycles. The lowest BCUT2D eigenvalue weighted by atomic mass is 10.3. The van der Waals surface area contributed by atoms with E-state index in [4.69, 9.17) is 11.5 Å². The maximum Gasteiger partial charge on any atom is 0.158 e. The van der Waals surface area contributed by atoms with Gasteiger partial charge in [-0.15, -0.1) is 6.42 Å². The molecule has 0 aliphatic rings. The lowest BCUT2D eigenvalue weighted by Crippen LogP contribution is -1.92. The highest BCUT2D eigenvalue weighted by molar-refractivity contribution is 5.11. The Morgan fingerprint density at radius 1 is 1.90 bits per heavy atom. The molecule has 52 valence electrons. The molecular formula is C7H8N2O. The zero-order valence-electron chi connectivity index (χ0n) is 5.65. The van der Waals surface area contributed by atoms with Gasteiger partial charge < -0.3 is 9.67 Å². The van der Waals surface area contributed by atoms with Crippen molar-refractivity contribution in [3.63, 3.8) is 0 Å². The first kappa shape index (κ1) is 6.84. The van der Waals surface area contributed by atoms with Crippen molar-refractivity contribution in [1.29, 1.82) is 0 Å². The summed E-state index contributed by atoms with van der Waals surface area (Å²) in [5.74, 6) is 2.17. The third-order valence-electron chi connectivity index (χ3n) is 1.16. The molecular weight excluding hydrogens is 128 g/mol. The topological polar surface area (TPSA) is 38.0 Å². The highest BCUT2D eigenvalue weighted by atomic mass is 16.3. The van der Waals surface area contributed by atoms with Crippen molar-refractivity contribution < 1.29 is 5.11 Å². The highest BCUT2D eigenvalue weighted by Gasteiger charge is 2.04. The van der Waals surface area contributed by atoms with Gasteiger partial charge in [0.2, 0.25) is 0 Å². The minimum atomic E-state index is -0.874. The molecule has 0 saturated carbocycles. The van der Waals surface area contributed by atoms with Gasteiger partial charge in [-0.05, 0) is 0 Å². The van der Waals surface area contributed by atoms with Crippen LogP contribution in [0.4, 0.5) is 0 Å². The van der Waals surface area contributed by atoms with Gasteiger partial charge in [0.1, 0.15) is 0 Å². The molecule has 1 aromatic rings. The SMILES string of the molecule is C#C[C@@H](O)c1cn(C)cn1. The van der Waals surface area contributed by atoms with Crippen LogP contribution in [0.2, 0.25) is 0 Å². The molecule has 3 nitrogen and oxygen atoms in total. The Balaban J connectivity index is 2.87. The van der Waals surface area contributed by atoms with E-state index in [-0.39, 0.29) is 0 Å². The van der Waals surface area contributed by atoms with E-state index in [1.807, 2.05) is 7.05 Å². The second kappa shape index (κ2) is 2.54. The zero-order chi connectivity index (χ0) is 7.56. The van der Waals surface area contributed by atoms with Crippen molar-refractivity contribution in [2.75, 3.05) is 0 Å². The molecule has 0 fully saturated rings. The van der Waals surface area contributed by atoms with Gasteiger partial charge in [-0.1, -0.05) is 5.92 Å². The third-order valence-corrected chi connectivity index (χ3v) is 1.16. The Labute approximate surface area is 59.3 Å². The number of hydrogen-bond donors (Lipinski definition) is 1. The molecule has 0 spiro atoms. The number of aliphatic hydroxyl groups excluding tert-OH is 1. The predicted octanol–water partition coefficient (Wildman–Crippen LogP) is 0.0867. The quantitative estimate of drug-likeness (QED) is 0.555. The Hall–Kier alpha value is -1.27. The van der Waals surface area contributed by atoms with E-state index < -0.39 is 6.10 Å². The van der Waals surface area contributed by atoms with E-state index >= 15 is 0 Å². The molecule has 0 aliphatic heterocycles. The normalized spacial score (nSPS) is 12.5. The smallest absolute Gasteiger partial charge is 0.158 e. The molecule has 0 radical (unpaired) electrons. The fourth-order valence-electron chi connectivity index (χ4n) is 0.660. The lowest BCUT2D eigenvalue weighted by molar-refractivity contribution is 0.234. The average Bonchev–Trinajstić information content (AvgIpc) is 2.34. The van der Waals surface area contributed by atoms with Gasteiger partial charge in [-0.2, -0.15) is 0 Å². The van der Waals surface area contributed by atoms with Gasteiger partial charge in [0, 0.05) is 13.2 Å². The molecule has 10 heavy (non-hydrogen) atoms. The summed E-state index contributed by atoms with van der Waals surface area (Å²) < 4.78 is 1.73. The molecule has 3 heteroatoms. The molecule has 0 bridgehead atoms. The second-order valence-electron chi connectivity index (χ2n) is 2.03. The van der Waals surface area contributed by atoms with Gasteiger partial charge in [0.15, 0.2) is 6.10 Å². The third kappa shape index (κ3) is 1.17. The van der Waals surface area contributed by atoms with Gasteiger partial charge in [-0.3, -0.25) is 0 Å². The van der Waals surface area contributed by atoms with Crippen LogP contribution in [0.25, 0.3) is 0 Å². The Morgan fingerprint density at radius 2 is 2.60 bits per heavy atom. The summed E-state index contributed by atoms with van der Waals surface area (Å²) in [4.78, 5) is 3.86. The minimum Gasteiger partial charge on any atom is -0.374 e. The molecule has 1 N–H and O–H groups in total. The van der Waals surface area contributed by atoms with Crippen LogP contribution in [0.15, 0.2) is 12.5 Å². The van der Waals surface area contributed by atoms with Crippen molar-refractivity contribution in [2.45, 2.75) is 6.10 Å². The maximum atomic E-state index is 9.03. The Morgan fingerprint density at radius 3 is 3.00 bits per heavy atom. The number of imidazole rings is 1. The lowest BCUT2D eigenvalue weighted by Gasteiger charge is -1.94. The minimum absolute atomic E-state index is 0.519. The fraction of sp³-hybridized carbons (Fsp3) is 0.286. The van der Waals surface area contributed by atoms with E-state index in [1.54, 1.807) is 17.1 Å². The van der Waals surface area contributed by atoms with Crippen LogP contribution in [0.5, 0.6) is 0 Å². The van der Waals surface area contributed by atoms with Crippen molar-refractivity contribution in [2.24, 2.45) is 7.05 Å². The molecule has 0 aliphatic carbocycles. The number of aromatic nitrogens is 2. The molecule has 0 saturated heterocycles. The van der Waals surface area contributed by atoms with Crippen LogP contribution < -0.4 is 0 Å². The van der Waals surface area contributed by atoms with E-state index in [0.29, 0.717) is 5.69 Å². The van der Waals surface area contributed by atoms with E-state index in [0.717, 1.165) is 0 Å². The van der Waals surface area contributed by atoms with E-state index in [2.05, 4.69) is 10.9 Å². The zero-order valence-corrected chi connectivity index (χ0v) is 5.65. The first-order valence-corrected chi connectivity index (χ1v) is 2.86. The standard InChI is InChI=1S/C7H8N2O/c1-3-7(10)6-4-9(2)5-8-6/h1,4-5,7,10H,2H3/t7-/m1/s1. The Kier molecular flexibility index (Phi) is 1.74. The number of nitrogens with zero attached hydrogens (tertiary/aromatic N) is 2. The molecule has 1 aromatic heterocycles. The Bertz CT molecular complexity index is 259. The summed E-state index contributed by atoms with van der Waals surface area (Å²) in [5, 5.41) is 9.03. The van der Waals surface area contributed by atoms with Crippen LogP contribution in [0.3, 0.4) is 0 Å². The first-order valence-electron chi connectivity index (χ1n) is 2.86. The monoisotopic (exact) mass is 136 g/mol. The molecule has 0 unspecified atom stereocenters. The molecule has 0 amide bonds. The molecule has 1 atom stereocenters. The van der Waals surface area contributed by atoms with Crippen LogP contribution in [0.1, 0.15) is 11.8 Å². The second-order valence-corrected chi connectivity index (χ2v) is 2.03. The van der Waals surface area contributed by atoms with Crippen molar-refractivity contribution >= 4 is 0 Å². The number of terminal acetylenes is 1. The van der Waals surface area contributed by atoms with E-state index in [1.165, 1.54) is 0 Å². The summed E-state index contributed by atoms with van der Waals surface area (Å²) in [6, 6.07) is 0. The summed E-state index contributed by atoms with van der Waals surface area (Å²) in [7, 11) is 1.82. The molecule has 1 rings (SSSR count). The summed E-state index contributed by atoms with van der Waals surface area (Å²) in [5.41, 5.74) is 0.519. The van der Waals surface area contributed by atoms with Crippen LogP contribution in [0, 0.1) is 12.3 Å². The largest absolute Gasteiger partial charge is 0.374 e. The van der Waals surface area contributed by atoms with Crippen LogP contribution >= 0.6 is 0 Å². The van der Waals surface area contributed by atoms with Crippen LogP contribution in [-0.2, 0) is 7.05 Å². The summed E-state index contributed by atoms with van der Waals surface area (Å²) >= 11 is 0. The summed E-state index contributed by atoms with van der Waals surface area (Å²) in [6.45, 7) is 0. The predicted molar refractivity (Wildman–Crippen MR) is 37.0 cm³/mol. The fourth-order valence-corrected chi connectivity index (χ4v) is 0.660. The number of aryl methyl sites for hydroxylation is 1.